The maximum Gasteiger partial charge on any atom is 0.427 e. The lowest BCUT2D eigenvalue weighted by Crippen LogP contribution is -2.48. The van der Waals surface area contributed by atoms with Crippen LogP contribution < -0.4 is 37.2 Å². The van der Waals surface area contributed by atoms with Crippen molar-refractivity contribution in [2.24, 2.45) is 16.7 Å². The van der Waals surface area contributed by atoms with E-state index in [-0.39, 0.29) is 46.5 Å². The number of aliphatic hydroxyl groups excluding tert-OH is 1. The molecule has 6 aromatic rings. The van der Waals surface area contributed by atoms with Gasteiger partial charge in [-0.3, -0.25) is 4.79 Å². The van der Waals surface area contributed by atoms with Gasteiger partial charge in [0, 0.05) is 38.6 Å². The van der Waals surface area contributed by atoms with Crippen LogP contribution >= 0.6 is 0 Å². The zero-order valence-corrected chi connectivity index (χ0v) is 32.6. The van der Waals surface area contributed by atoms with Gasteiger partial charge in [-0.15, -0.1) is 0 Å². The van der Waals surface area contributed by atoms with E-state index in [0.29, 0.717) is 40.5 Å². The number of rotatable bonds is 9. The lowest BCUT2D eigenvalue weighted by atomic mass is 9.65. The van der Waals surface area contributed by atoms with Crippen LogP contribution in [0.5, 0.6) is 0 Å². The van der Waals surface area contributed by atoms with Crippen LogP contribution in [0.4, 0.5) is 17.1 Å². The maximum absolute atomic E-state index is 14.4. The Bertz CT molecular complexity index is 2860. The van der Waals surface area contributed by atoms with E-state index in [1.165, 1.54) is 0 Å². The van der Waals surface area contributed by atoms with Gasteiger partial charge in [0.1, 0.15) is 5.76 Å². The Balaban J connectivity index is 1.10. The molecule has 0 fully saturated rings. The summed E-state index contributed by atoms with van der Waals surface area (Å²) in [6.07, 6.45) is 0. The number of nitrogens with zero attached hydrogens (tertiary/aromatic N) is 1. The molecular formula is C46H40B2N4O6. The third-order valence-corrected chi connectivity index (χ3v) is 10.7. The Morgan fingerprint density at radius 3 is 1.83 bits per heavy atom. The van der Waals surface area contributed by atoms with Gasteiger partial charge in [-0.1, -0.05) is 100 Å². The molecule has 9 rings (SSSR count). The Morgan fingerprint density at radius 2 is 1.22 bits per heavy atom. The van der Waals surface area contributed by atoms with Gasteiger partial charge in [0.25, 0.3) is 0 Å². The maximum atomic E-state index is 14.4. The molecule has 0 spiro atoms. The van der Waals surface area contributed by atoms with Crippen LogP contribution in [0, 0.1) is 11.8 Å². The van der Waals surface area contributed by atoms with Crippen molar-refractivity contribution in [3.63, 3.8) is 0 Å². The number of carbonyl (C=O) groups is 3. The minimum atomic E-state index is -0.516. The summed E-state index contributed by atoms with van der Waals surface area (Å²) in [6.45, 7) is 7.74. The first-order chi connectivity index (χ1) is 28.0. The van der Waals surface area contributed by atoms with Crippen molar-refractivity contribution in [1.29, 1.82) is 0 Å². The molecule has 12 heteroatoms. The predicted octanol–water partition coefficient (Wildman–Crippen LogP) is 5.99. The standard InChI is InChI=1S/C46H40B2N4O6/c1-25(2)23-57-45(55)29-11-17-31(18-12-29)47-49-35-9-5-7-27-15-21-33(41(51-47)37(27)35)39-43(53)40(44(39)54)34-22-16-28-8-6-10-36-38(28)42(34)52-48(50-36)32-19-13-30(14-20-32)46(56)58-24-26(3)4/h5-22,25-26,49-51,53H,23-24H2,1-4H3/b40-34+. The molecule has 3 aliphatic rings. The first-order valence-electron chi connectivity index (χ1n) is 19.6. The van der Waals surface area contributed by atoms with E-state index in [0.717, 1.165) is 49.5 Å². The number of aliphatic hydroxyl groups is 1. The van der Waals surface area contributed by atoms with Crippen LogP contribution in [0.15, 0.2) is 120 Å². The summed E-state index contributed by atoms with van der Waals surface area (Å²) in [4.78, 5) is 44.8. The van der Waals surface area contributed by atoms with E-state index in [2.05, 4.69) is 15.7 Å². The highest BCUT2D eigenvalue weighted by atomic mass is 16.5. The zero-order valence-electron chi connectivity index (χ0n) is 32.6. The fourth-order valence-electron chi connectivity index (χ4n) is 7.81. The highest BCUT2D eigenvalue weighted by molar-refractivity contribution is 6.80. The highest BCUT2D eigenvalue weighted by Gasteiger charge is 2.39. The first-order valence-corrected chi connectivity index (χ1v) is 19.6. The Kier molecular flexibility index (Phi) is 9.27. The van der Waals surface area contributed by atoms with E-state index in [9.17, 15) is 19.5 Å². The monoisotopic (exact) mass is 766 g/mol. The summed E-state index contributed by atoms with van der Waals surface area (Å²) >= 11 is 0. The fraction of sp³-hybridized carbons (Fsp3) is 0.174. The molecule has 0 amide bonds. The predicted molar refractivity (Wildman–Crippen MR) is 231 cm³/mol. The molecule has 0 atom stereocenters. The molecule has 6 aromatic carbocycles. The molecule has 2 heterocycles. The minimum absolute atomic E-state index is 0.0955. The minimum Gasteiger partial charge on any atom is -0.506 e. The van der Waals surface area contributed by atoms with E-state index < -0.39 is 14.0 Å². The second-order valence-corrected chi connectivity index (χ2v) is 15.8. The van der Waals surface area contributed by atoms with Crippen LogP contribution in [0.3, 0.4) is 0 Å². The van der Waals surface area contributed by atoms with E-state index >= 15 is 0 Å². The molecule has 58 heavy (non-hydrogen) atoms. The van der Waals surface area contributed by atoms with Gasteiger partial charge < -0.3 is 35.2 Å². The summed E-state index contributed by atoms with van der Waals surface area (Å²) < 4.78 is 10.8. The number of nitrogens with one attached hydrogen (secondary N) is 3. The van der Waals surface area contributed by atoms with Gasteiger partial charge in [-0.2, -0.15) is 0 Å². The number of ether oxygens (including phenoxy) is 2. The average molecular weight is 766 g/mol. The molecule has 1 aliphatic carbocycles. The molecule has 0 radical (unpaired) electrons. The van der Waals surface area contributed by atoms with Gasteiger partial charge in [0.05, 0.1) is 40.8 Å². The van der Waals surface area contributed by atoms with Gasteiger partial charge in [-0.05, 0) is 69.9 Å². The highest BCUT2D eigenvalue weighted by Crippen LogP contribution is 2.45. The summed E-state index contributed by atoms with van der Waals surface area (Å²) in [6, 6.07) is 34.0. The number of Topliss-reactive ketones (excluding diaryl/α,β-unsaturated/α-hetero) is 1. The van der Waals surface area contributed by atoms with Crippen molar-refractivity contribution in [2.75, 3.05) is 28.9 Å². The number of ketones is 1. The van der Waals surface area contributed by atoms with Gasteiger partial charge in [0.2, 0.25) is 5.78 Å². The van der Waals surface area contributed by atoms with Crippen molar-refractivity contribution in [1.82, 2.24) is 0 Å². The second kappa shape index (κ2) is 14.6. The molecule has 0 unspecified atom stereocenters. The van der Waals surface area contributed by atoms with E-state index in [1.54, 1.807) is 24.3 Å². The summed E-state index contributed by atoms with van der Waals surface area (Å²) in [7, 11) is 0. The molecular weight excluding hydrogens is 726 g/mol. The number of hydrogen-bond donors (Lipinski definition) is 4. The van der Waals surface area contributed by atoms with Gasteiger partial charge in [-0.25, -0.2) is 9.59 Å². The Hall–Kier alpha value is -6.81. The van der Waals surface area contributed by atoms with Crippen molar-refractivity contribution < 1.29 is 29.0 Å². The average Bonchev–Trinajstić information content (AvgIpc) is 3.23. The first kappa shape index (κ1) is 36.8. The van der Waals surface area contributed by atoms with Crippen LogP contribution in [-0.4, -0.2) is 50.0 Å². The molecule has 0 saturated heterocycles. The van der Waals surface area contributed by atoms with Crippen LogP contribution in [-0.2, 0) is 14.3 Å². The second-order valence-electron chi connectivity index (χ2n) is 15.8. The number of anilines is 3. The Labute approximate surface area is 335 Å². The molecule has 10 nitrogen and oxygen atoms in total. The molecule has 2 aliphatic heterocycles. The molecule has 0 bridgehead atoms. The van der Waals surface area contributed by atoms with Gasteiger partial charge in [0.15, 0.2) is 0 Å². The summed E-state index contributed by atoms with van der Waals surface area (Å²) in [5.74, 6) is -0.659. The summed E-state index contributed by atoms with van der Waals surface area (Å²) in [5.41, 5.74) is 6.08. The number of carbonyl (C=O) groups excluding carboxylic acids is 3. The normalized spacial score (nSPS) is 15.2. The third-order valence-electron chi connectivity index (χ3n) is 10.7. The molecule has 4 N–H and O–H groups in total. The van der Waals surface area contributed by atoms with Crippen molar-refractivity contribution in [2.45, 2.75) is 27.7 Å². The summed E-state index contributed by atoms with van der Waals surface area (Å²) in [5, 5.41) is 27.4. The molecule has 0 saturated carbocycles. The number of hydrogen-bond acceptors (Lipinski definition) is 10. The smallest absolute Gasteiger partial charge is 0.427 e. The lowest BCUT2D eigenvalue weighted by molar-refractivity contribution is -0.109. The molecule has 0 aromatic heterocycles. The van der Waals surface area contributed by atoms with Crippen molar-refractivity contribution >= 4 is 92.4 Å². The zero-order chi connectivity index (χ0) is 40.2. The van der Waals surface area contributed by atoms with E-state index in [4.69, 9.17) is 14.4 Å². The third kappa shape index (κ3) is 6.44. The number of esters is 2. The van der Waals surface area contributed by atoms with Crippen molar-refractivity contribution in [3.05, 3.63) is 142 Å². The quantitative estimate of drug-likeness (QED) is 0.103. The van der Waals surface area contributed by atoms with E-state index in [1.807, 2.05) is 113 Å². The lowest BCUT2D eigenvalue weighted by Gasteiger charge is -2.31. The van der Waals surface area contributed by atoms with Crippen LogP contribution in [0.25, 0.3) is 32.7 Å². The number of benzene rings is 6. The fourth-order valence-corrected chi connectivity index (χ4v) is 7.81. The van der Waals surface area contributed by atoms with Crippen LogP contribution in [0.1, 0.15) is 54.0 Å². The topological polar surface area (TPSA) is 138 Å². The molecule has 286 valence electrons. The Morgan fingerprint density at radius 1 is 0.655 bits per heavy atom. The SMILES string of the molecule is CC(C)COC(=O)c1ccc(B2N=c3/c(=C4/C(=O)C(c5ccc6cccc7c6c5NB(c5ccc(C(=O)OCC(C)C)cc5)N7)=C4O)ccc4cccc(c34)N2)cc1. The van der Waals surface area contributed by atoms with Crippen molar-refractivity contribution in [3.8, 4) is 0 Å². The van der Waals surface area contributed by atoms with Crippen LogP contribution in [0.2, 0.25) is 0 Å². The number of allylic oxidation sites excluding steroid dienone is 2. The van der Waals surface area contributed by atoms with Gasteiger partial charge >= 0.3 is 25.9 Å². The largest absolute Gasteiger partial charge is 0.506 e.